The van der Waals surface area contributed by atoms with Gasteiger partial charge in [-0.05, 0) is 48.9 Å². The minimum Gasteiger partial charge on any atom is -0.507 e. The molecule has 166 valence electrons. The largest absolute Gasteiger partial charge is 0.507 e. The fraction of sp³-hybridized carbons (Fsp3) is 0.154. The molecular weight excluding hydrogens is 425 g/mol. The molecule has 1 fully saturated rings. The maximum atomic E-state index is 14.9. The Hall–Kier alpha value is -4.13. The van der Waals surface area contributed by atoms with E-state index in [1.54, 1.807) is 36.4 Å². The van der Waals surface area contributed by atoms with Crippen LogP contribution >= 0.6 is 0 Å². The number of hydrogen-bond acceptors (Lipinski definition) is 5. The van der Waals surface area contributed by atoms with Crippen LogP contribution in [-0.4, -0.2) is 28.0 Å². The number of rotatable bonds is 3. The second-order valence-electron chi connectivity index (χ2n) is 8.13. The average molecular weight is 445 g/mol. The van der Waals surface area contributed by atoms with Crippen molar-refractivity contribution >= 4 is 23.1 Å². The summed E-state index contributed by atoms with van der Waals surface area (Å²) in [7, 11) is 0. The smallest absolute Gasteiger partial charge is 0.300 e. The van der Waals surface area contributed by atoms with E-state index in [1.165, 1.54) is 30.3 Å². The number of ether oxygens (including phenoxy) is 1. The second-order valence-corrected chi connectivity index (χ2v) is 8.13. The number of carbonyl (C=O) groups excluding carboxylic acids is 2. The predicted octanol–water partition coefficient (Wildman–Crippen LogP) is 4.48. The van der Waals surface area contributed by atoms with Crippen LogP contribution in [0.4, 0.5) is 10.1 Å². The molecule has 5 rings (SSSR count). The zero-order valence-electron chi connectivity index (χ0n) is 17.7. The molecule has 2 heterocycles. The minimum atomic E-state index is -1.26. The third-order valence-corrected chi connectivity index (χ3v) is 5.95. The first kappa shape index (κ1) is 20.8. The van der Waals surface area contributed by atoms with Crippen molar-refractivity contribution < 1.29 is 28.9 Å². The molecule has 0 spiro atoms. The van der Waals surface area contributed by atoms with Crippen LogP contribution in [0.15, 0.2) is 72.3 Å². The molecule has 1 amide bonds. The Morgan fingerprint density at radius 3 is 2.55 bits per heavy atom. The summed E-state index contributed by atoms with van der Waals surface area (Å²) >= 11 is 0. The summed E-state index contributed by atoms with van der Waals surface area (Å²) in [6.45, 7) is 1.93. The molecule has 2 N–H and O–H groups in total. The fourth-order valence-corrected chi connectivity index (χ4v) is 4.46. The number of aromatic hydroxyl groups is 1. The zero-order valence-corrected chi connectivity index (χ0v) is 17.7. The van der Waals surface area contributed by atoms with E-state index in [-0.39, 0.29) is 28.7 Å². The highest BCUT2D eigenvalue weighted by atomic mass is 19.1. The highest BCUT2D eigenvalue weighted by Crippen LogP contribution is 2.45. The van der Waals surface area contributed by atoms with Gasteiger partial charge in [-0.1, -0.05) is 30.3 Å². The zero-order chi connectivity index (χ0) is 23.3. The second kappa shape index (κ2) is 7.78. The van der Waals surface area contributed by atoms with Crippen molar-refractivity contribution in [2.45, 2.75) is 25.5 Å². The first-order chi connectivity index (χ1) is 15.9. The lowest BCUT2D eigenvalue weighted by molar-refractivity contribution is -0.132. The normalized spacial score (nSPS) is 21.2. The Bertz CT molecular complexity index is 1330. The van der Waals surface area contributed by atoms with Gasteiger partial charge in [-0.15, -0.1) is 0 Å². The monoisotopic (exact) mass is 445 g/mol. The number of halogens is 1. The van der Waals surface area contributed by atoms with Gasteiger partial charge in [-0.2, -0.15) is 0 Å². The van der Waals surface area contributed by atoms with Gasteiger partial charge in [0.15, 0.2) is 0 Å². The van der Waals surface area contributed by atoms with E-state index < -0.39 is 29.3 Å². The van der Waals surface area contributed by atoms with Gasteiger partial charge < -0.3 is 14.9 Å². The number of aliphatic hydroxyl groups is 1. The van der Waals surface area contributed by atoms with Crippen LogP contribution < -0.4 is 9.64 Å². The molecule has 0 aliphatic carbocycles. The van der Waals surface area contributed by atoms with Crippen molar-refractivity contribution in [3.8, 4) is 11.5 Å². The number of phenols is 1. The van der Waals surface area contributed by atoms with E-state index in [4.69, 9.17) is 4.74 Å². The fourth-order valence-electron chi connectivity index (χ4n) is 4.46. The molecule has 3 aromatic rings. The van der Waals surface area contributed by atoms with Crippen molar-refractivity contribution in [3.63, 3.8) is 0 Å². The number of benzene rings is 3. The summed E-state index contributed by atoms with van der Waals surface area (Å²) in [4.78, 5) is 27.3. The molecule has 7 heteroatoms. The van der Waals surface area contributed by atoms with E-state index in [9.17, 15) is 24.2 Å². The number of ketones is 1. The van der Waals surface area contributed by atoms with Crippen LogP contribution in [0.2, 0.25) is 0 Å². The lowest BCUT2D eigenvalue weighted by Gasteiger charge is -2.26. The number of Topliss-reactive ketones (excluding diaryl/α,β-unsaturated/α-hetero) is 1. The van der Waals surface area contributed by atoms with Gasteiger partial charge in [-0.25, -0.2) is 4.39 Å². The molecule has 0 bridgehead atoms. The molecule has 2 atom stereocenters. The van der Waals surface area contributed by atoms with Crippen molar-refractivity contribution in [1.82, 2.24) is 0 Å². The molecule has 2 aliphatic rings. The van der Waals surface area contributed by atoms with Gasteiger partial charge in [0, 0.05) is 17.5 Å². The van der Waals surface area contributed by atoms with Gasteiger partial charge in [-0.3, -0.25) is 14.5 Å². The number of carbonyl (C=O) groups is 2. The molecular formula is C26H20FNO5. The molecule has 0 saturated carbocycles. The van der Waals surface area contributed by atoms with Crippen molar-refractivity contribution in [2.75, 3.05) is 4.90 Å². The number of anilines is 1. The highest BCUT2D eigenvalue weighted by Gasteiger charge is 2.48. The lowest BCUT2D eigenvalue weighted by atomic mass is 9.94. The van der Waals surface area contributed by atoms with Crippen LogP contribution in [0.5, 0.6) is 11.5 Å². The Morgan fingerprint density at radius 2 is 1.79 bits per heavy atom. The van der Waals surface area contributed by atoms with Crippen molar-refractivity contribution in [3.05, 3.63) is 94.8 Å². The molecule has 0 radical (unpaired) electrons. The molecule has 6 nitrogen and oxygen atoms in total. The third-order valence-electron chi connectivity index (χ3n) is 5.95. The Kier molecular flexibility index (Phi) is 4.89. The van der Waals surface area contributed by atoms with E-state index in [0.717, 1.165) is 10.5 Å². The quantitative estimate of drug-likeness (QED) is 0.353. The molecule has 0 aromatic heterocycles. The summed E-state index contributed by atoms with van der Waals surface area (Å²) in [6.07, 6.45) is 0.627. The lowest BCUT2D eigenvalue weighted by Crippen LogP contribution is -2.29. The van der Waals surface area contributed by atoms with Crippen LogP contribution in [0.1, 0.15) is 29.7 Å². The number of nitrogens with zero attached hydrogens (tertiary/aromatic N) is 1. The number of fused-ring (bicyclic) bond motifs is 1. The maximum Gasteiger partial charge on any atom is 0.300 e. The number of phenolic OH excluding ortho intramolecular Hbond substituents is 1. The van der Waals surface area contributed by atoms with Crippen molar-refractivity contribution in [1.29, 1.82) is 0 Å². The number of aliphatic hydroxyl groups excluding tert-OH is 1. The summed E-state index contributed by atoms with van der Waals surface area (Å²) < 4.78 is 20.6. The van der Waals surface area contributed by atoms with E-state index in [0.29, 0.717) is 17.7 Å². The van der Waals surface area contributed by atoms with Crippen LogP contribution in [0, 0.1) is 5.82 Å². The van der Waals surface area contributed by atoms with Gasteiger partial charge >= 0.3 is 0 Å². The summed E-state index contributed by atoms with van der Waals surface area (Å²) in [5.74, 6) is -2.55. The summed E-state index contributed by atoms with van der Waals surface area (Å²) in [6, 6.07) is 15.5. The minimum absolute atomic E-state index is 0.0116. The van der Waals surface area contributed by atoms with Crippen LogP contribution in [0.3, 0.4) is 0 Å². The van der Waals surface area contributed by atoms with Gasteiger partial charge in [0.05, 0.1) is 17.3 Å². The third kappa shape index (κ3) is 3.33. The molecule has 3 aromatic carbocycles. The van der Waals surface area contributed by atoms with Gasteiger partial charge in [0.1, 0.15) is 29.2 Å². The first-order valence-corrected chi connectivity index (χ1v) is 10.5. The molecule has 1 saturated heterocycles. The van der Waals surface area contributed by atoms with Crippen LogP contribution in [0.25, 0.3) is 5.76 Å². The Morgan fingerprint density at radius 1 is 1.06 bits per heavy atom. The van der Waals surface area contributed by atoms with Crippen molar-refractivity contribution in [2.24, 2.45) is 0 Å². The predicted molar refractivity (Wildman–Crippen MR) is 120 cm³/mol. The number of hydrogen-bond donors (Lipinski definition) is 2. The maximum absolute atomic E-state index is 14.9. The topological polar surface area (TPSA) is 87.1 Å². The first-order valence-electron chi connectivity index (χ1n) is 10.5. The highest BCUT2D eigenvalue weighted by molar-refractivity contribution is 6.51. The molecule has 2 unspecified atom stereocenters. The molecule has 2 aliphatic heterocycles. The molecule has 33 heavy (non-hydrogen) atoms. The van der Waals surface area contributed by atoms with E-state index >= 15 is 0 Å². The Labute approximate surface area is 189 Å². The number of para-hydroxylation sites is 2. The standard InChI is InChI=1S/C26H20FNO5/c1-14-12-16-13-15(10-11-21(16)33-14)24(30)22-23(17-6-2-3-7-18(17)27)28(26(32)25(22)31)19-8-4-5-9-20(19)29/h2-11,13-14,23,29-30H,12H2,1H3/b24-22+. The van der Waals surface area contributed by atoms with Gasteiger partial charge in [0.2, 0.25) is 0 Å². The van der Waals surface area contributed by atoms with Crippen LogP contribution in [-0.2, 0) is 16.0 Å². The number of amides is 1. The van der Waals surface area contributed by atoms with E-state index in [2.05, 4.69) is 0 Å². The SMILES string of the molecule is CC1Cc2cc(/C(O)=C3\C(=O)C(=O)N(c4ccccc4O)C3c3ccccc3F)ccc2O1. The average Bonchev–Trinajstić information content (AvgIpc) is 3.30. The Balaban J connectivity index is 1.73. The summed E-state index contributed by atoms with van der Waals surface area (Å²) in [5, 5.41) is 21.6. The van der Waals surface area contributed by atoms with Gasteiger partial charge in [0.25, 0.3) is 11.7 Å². The van der Waals surface area contributed by atoms with E-state index in [1.807, 2.05) is 6.92 Å². The summed E-state index contributed by atoms with van der Waals surface area (Å²) in [5.41, 5.74) is 1.01.